The van der Waals surface area contributed by atoms with Gasteiger partial charge in [0.1, 0.15) is 5.82 Å². The number of aromatic amines is 1. The van der Waals surface area contributed by atoms with E-state index in [1.54, 1.807) is 12.1 Å². The monoisotopic (exact) mass is 460 g/mol. The van der Waals surface area contributed by atoms with Crippen molar-refractivity contribution in [3.8, 4) is 0 Å². The molecule has 5 nitrogen and oxygen atoms in total. The Balaban J connectivity index is 0.00000225. The van der Waals surface area contributed by atoms with Crippen molar-refractivity contribution in [3.63, 3.8) is 0 Å². The summed E-state index contributed by atoms with van der Waals surface area (Å²) in [6.45, 7) is 5.14. The van der Waals surface area contributed by atoms with Gasteiger partial charge in [0.2, 0.25) is 0 Å². The molecule has 2 aromatic rings. The number of H-pyrrole nitrogens is 1. The molecule has 0 aliphatic carbocycles. The molecule has 0 spiro atoms. The maximum absolute atomic E-state index is 13.4. The van der Waals surface area contributed by atoms with E-state index in [4.69, 9.17) is 4.74 Å². The number of benzene rings is 1. The van der Waals surface area contributed by atoms with Gasteiger partial charge in [-0.2, -0.15) is 0 Å². The third-order valence-corrected chi connectivity index (χ3v) is 4.24. The summed E-state index contributed by atoms with van der Waals surface area (Å²) in [5.74, 6) is 0.599. The molecule has 1 fully saturated rings. The first-order valence-corrected chi connectivity index (χ1v) is 8.65. The average Bonchev–Trinajstić information content (AvgIpc) is 3.22. The van der Waals surface area contributed by atoms with Crippen LogP contribution < -0.4 is 10.6 Å². The minimum Gasteiger partial charge on any atom is -0.376 e. The molecule has 3 N–H and O–H groups in total. The second kappa shape index (κ2) is 9.96. The highest BCUT2D eigenvalue weighted by atomic mass is 127. The molecule has 1 aliphatic rings. The van der Waals surface area contributed by atoms with E-state index in [1.807, 2.05) is 13.1 Å². The summed E-state index contributed by atoms with van der Waals surface area (Å²) >= 11 is 0. The zero-order valence-corrected chi connectivity index (χ0v) is 16.8. The summed E-state index contributed by atoms with van der Waals surface area (Å²) in [5, 5.41) is 7.53. The van der Waals surface area contributed by atoms with Gasteiger partial charge in [-0.25, -0.2) is 4.39 Å². The second-order valence-corrected chi connectivity index (χ2v) is 6.04. The van der Waals surface area contributed by atoms with E-state index in [2.05, 4.69) is 20.6 Å². The zero-order chi connectivity index (χ0) is 16.8. The number of halogens is 2. The molecular formula is C18H26FIN4O. The SMILES string of the molecule is CCNC(=NCC1CCCO1)NCCc1c[nH]c2ccc(F)cc12.I. The third kappa shape index (κ3) is 5.57. The summed E-state index contributed by atoms with van der Waals surface area (Å²) in [6, 6.07) is 4.83. The highest BCUT2D eigenvalue weighted by Gasteiger charge is 2.14. The predicted octanol–water partition coefficient (Wildman–Crippen LogP) is 3.20. The van der Waals surface area contributed by atoms with Crippen LogP contribution in [0.2, 0.25) is 0 Å². The van der Waals surface area contributed by atoms with E-state index in [-0.39, 0.29) is 35.9 Å². The molecule has 0 saturated carbocycles. The van der Waals surface area contributed by atoms with Crippen LogP contribution in [-0.4, -0.2) is 43.3 Å². The van der Waals surface area contributed by atoms with Gasteiger partial charge in [0.25, 0.3) is 0 Å². The fourth-order valence-corrected chi connectivity index (χ4v) is 3.00. The summed E-state index contributed by atoms with van der Waals surface area (Å²) in [4.78, 5) is 7.78. The number of aromatic nitrogens is 1. The summed E-state index contributed by atoms with van der Waals surface area (Å²) in [6.07, 6.45) is 5.21. The van der Waals surface area contributed by atoms with Crippen molar-refractivity contribution in [2.24, 2.45) is 4.99 Å². The van der Waals surface area contributed by atoms with Gasteiger partial charge in [0, 0.05) is 36.8 Å². The summed E-state index contributed by atoms with van der Waals surface area (Å²) < 4.78 is 19.0. The van der Waals surface area contributed by atoms with Crippen LogP contribution in [0.1, 0.15) is 25.3 Å². The standard InChI is InChI=1S/C18H25FN4O.HI/c1-2-20-18(23-12-15-4-3-9-24-15)21-8-7-13-11-22-17-6-5-14(19)10-16(13)17;/h5-6,10-11,15,22H,2-4,7-9,12H2,1H3,(H2,20,21,23);1H. The molecule has 0 amide bonds. The maximum atomic E-state index is 13.4. The van der Waals surface area contributed by atoms with Crippen molar-refractivity contribution < 1.29 is 9.13 Å². The molecule has 1 aromatic heterocycles. The fraction of sp³-hybridized carbons (Fsp3) is 0.500. The smallest absolute Gasteiger partial charge is 0.191 e. The van der Waals surface area contributed by atoms with Gasteiger partial charge in [0.05, 0.1) is 12.6 Å². The molecule has 25 heavy (non-hydrogen) atoms. The zero-order valence-electron chi connectivity index (χ0n) is 14.5. The first-order chi connectivity index (χ1) is 11.8. The number of fused-ring (bicyclic) bond motifs is 1. The molecular weight excluding hydrogens is 434 g/mol. The molecule has 0 radical (unpaired) electrons. The largest absolute Gasteiger partial charge is 0.376 e. The molecule has 1 atom stereocenters. The van der Waals surface area contributed by atoms with E-state index < -0.39 is 0 Å². The quantitative estimate of drug-likeness (QED) is 0.353. The Labute approximate surface area is 164 Å². The third-order valence-electron chi connectivity index (χ3n) is 4.24. The lowest BCUT2D eigenvalue weighted by molar-refractivity contribution is 0.117. The molecule has 2 heterocycles. The highest BCUT2D eigenvalue weighted by molar-refractivity contribution is 14.0. The fourth-order valence-electron chi connectivity index (χ4n) is 3.00. The Morgan fingerprint density at radius 2 is 2.28 bits per heavy atom. The van der Waals surface area contributed by atoms with Gasteiger partial charge in [-0.3, -0.25) is 4.99 Å². The second-order valence-electron chi connectivity index (χ2n) is 6.04. The molecule has 1 saturated heterocycles. The van der Waals surface area contributed by atoms with Gasteiger partial charge >= 0.3 is 0 Å². The highest BCUT2D eigenvalue weighted by Crippen LogP contribution is 2.19. The maximum Gasteiger partial charge on any atom is 0.191 e. The Kier molecular flexibility index (Phi) is 7.95. The number of hydrogen-bond acceptors (Lipinski definition) is 2. The summed E-state index contributed by atoms with van der Waals surface area (Å²) in [7, 11) is 0. The summed E-state index contributed by atoms with van der Waals surface area (Å²) in [5.41, 5.74) is 2.07. The number of nitrogens with one attached hydrogen (secondary N) is 3. The lowest BCUT2D eigenvalue weighted by Crippen LogP contribution is -2.38. The minimum atomic E-state index is -0.206. The lowest BCUT2D eigenvalue weighted by atomic mass is 10.1. The topological polar surface area (TPSA) is 61.4 Å². The predicted molar refractivity (Wildman–Crippen MR) is 110 cm³/mol. The Morgan fingerprint density at radius 3 is 3.04 bits per heavy atom. The molecule has 1 aliphatic heterocycles. The average molecular weight is 460 g/mol. The van der Waals surface area contributed by atoms with Crippen molar-refractivity contribution >= 4 is 40.8 Å². The normalized spacial score (nSPS) is 17.5. The van der Waals surface area contributed by atoms with Crippen LogP contribution in [-0.2, 0) is 11.2 Å². The van der Waals surface area contributed by atoms with E-state index in [0.717, 1.165) is 61.4 Å². The first kappa shape index (κ1) is 20.0. The molecule has 3 rings (SSSR count). The van der Waals surface area contributed by atoms with Crippen LogP contribution in [0, 0.1) is 5.82 Å². The van der Waals surface area contributed by atoms with Crippen LogP contribution in [0.5, 0.6) is 0 Å². The Morgan fingerprint density at radius 1 is 1.40 bits per heavy atom. The van der Waals surface area contributed by atoms with Gasteiger partial charge in [-0.05, 0) is 49.9 Å². The van der Waals surface area contributed by atoms with Crippen molar-refractivity contribution in [1.82, 2.24) is 15.6 Å². The van der Waals surface area contributed by atoms with Crippen LogP contribution in [0.25, 0.3) is 10.9 Å². The van der Waals surface area contributed by atoms with Crippen molar-refractivity contribution in [3.05, 3.63) is 35.8 Å². The van der Waals surface area contributed by atoms with Crippen LogP contribution in [0.3, 0.4) is 0 Å². The van der Waals surface area contributed by atoms with Crippen LogP contribution in [0.15, 0.2) is 29.4 Å². The number of aliphatic imine (C=N–C) groups is 1. The van der Waals surface area contributed by atoms with E-state index >= 15 is 0 Å². The molecule has 0 bridgehead atoms. The molecule has 1 aromatic carbocycles. The van der Waals surface area contributed by atoms with Crippen LogP contribution in [0.4, 0.5) is 4.39 Å². The lowest BCUT2D eigenvalue weighted by Gasteiger charge is -2.12. The van der Waals surface area contributed by atoms with Gasteiger partial charge in [0.15, 0.2) is 5.96 Å². The molecule has 7 heteroatoms. The molecule has 1 unspecified atom stereocenters. The number of rotatable bonds is 6. The van der Waals surface area contributed by atoms with Gasteiger partial charge in [-0.1, -0.05) is 0 Å². The van der Waals surface area contributed by atoms with E-state index in [0.29, 0.717) is 6.54 Å². The van der Waals surface area contributed by atoms with Crippen molar-refractivity contribution in [2.45, 2.75) is 32.3 Å². The van der Waals surface area contributed by atoms with Gasteiger partial charge in [-0.15, -0.1) is 24.0 Å². The number of guanidine groups is 1. The van der Waals surface area contributed by atoms with E-state index in [9.17, 15) is 4.39 Å². The van der Waals surface area contributed by atoms with Crippen molar-refractivity contribution in [2.75, 3.05) is 26.2 Å². The number of ether oxygens (including phenoxy) is 1. The number of hydrogen-bond donors (Lipinski definition) is 3. The Bertz CT molecular complexity index is 697. The first-order valence-electron chi connectivity index (χ1n) is 8.65. The minimum absolute atomic E-state index is 0. The number of nitrogens with zero attached hydrogens (tertiary/aromatic N) is 1. The molecule has 138 valence electrons. The van der Waals surface area contributed by atoms with Crippen LogP contribution >= 0.6 is 24.0 Å². The van der Waals surface area contributed by atoms with E-state index in [1.165, 1.54) is 6.07 Å². The van der Waals surface area contributed by atoms with Crippen molar-refractivity contribution in [1.29, 1.82) is 0 Å². The Hall–Kier alpha value is -1.35. The van der Waals surface area contributed by atoms with Gasteiger partial charge < -0.3 is 20.4 Å².